The fraction of sp³-hybridized carbons (Fsp3) is 0.800. The van der Waals surface area contributed by atoms with Crippen LogP contribution in [0.5, 0.6) is 6.01 Å². The van der Waals surface area contributed by atoms with Gasteiger partial charge >= 0.3 is 6.01 Å². The van der Waals surface area contributed by atoms with Crippen LogP contribution in [0.1, 0.15) is 52.9 Å². The fourth-order valence-electron chi connectivity index (χ4n) is 2.99. The summed E-state index contributed by atoms with van der Waals surface area (Å²) in [6, 6.07) is 0.370. The van der Waals surface area contributed by atoms with E-state index in [0.717, 1.165) is 25.9 Å². The Balaban J connectivity index is 2.15. The molecule has 6 heteroatoms. The van der Waals surface area contributed by atoms with Crippen molar-refractivity contribution in [3.8, 4) is 6.01 Å². The summed E-state index contributed by atoms with van der Waals surface area (Å²) < 4.78 is 6.05. The number of ether oxygens (including phenoxy) is 1. The van der Waals surface area contributed by atoms with E-state index in [2.05, 4.69) is 35.7 Å². The molecule has 0 radical (unpaired) electrons. The number of nitrogens with two attached hydrogens (primary N) is 1. The quantitative estimate of drug-likeness (QED) is 0.869. The SMILES string of the molecule is CCC1CCCCC1Oc1nc(N)nc(N(CC)CC)n1. The molecular weight excluding hydrogens is 266 g/mol. The highest BCUT2D eigenvalue weighted by molar-refractivity contribution is 5.35. The van der Waals surface area contributed by atoms with Crippen molar-refractivity contribution in [1.29, 1.82) is 0 Å². The highest BCUT2D eigenvalue weighted by Gasteiger charge is 2.26. The predicted octanol–water partition coefficient (Wildman–Crippen LogP) is 2.65. The molecule has 0 bridgehead atoms. The number of nitrogens with zero attached hydrogens (tertiary/aromatic N) is 4. The Bertz CT molecular complexity index is 450. The lowest BCUT2D eigenvalue weighted by Crippen LogP contribution is -2.31. The van der Waals surface area contributed by atoms with Crippen LogP contribution in [0.4, 0.5) is 11.9 Å². The van der Waals surface area contributed by atoms with Gasteiger partial charge in [0, 0.05) is 13.1 Å². The normalized spacial score (nSPS) is 22.0. The van der Waals surface area contributed by atoms with Gasteiger partial charge < -0.3 is 15.4 Å². The molecule has 0 saturated heterocycles. The first-order chi connectivity index (χ1) is 10.2. The molecule has 21 heavy (non-hydrogen) atoms. The average molecular weight is 293 g/mol. The third kappa shape index (κ3) is 3.95. The number of hydrogen-bond donors (Lipinski definition) is 1. The van der Waals surface area contributed by atoms with Crippen molar-refractivity contribution in [2.75, 3.05) is 23.7 Å². The summed E-state index contributed by atoms with van der Waals surface area (Å²) in [5, 5.41) is 0. The molecule has 1 aromatic heterocycles. The molecule has 118 valence electrons. The van der Waals surface area contributed by atoms with Gasteiger partial charge in [0.05, 0.1) is 0 Å². The standard InChI is InChI=1S/C15H27N5O/c1-4-11-9-7-8-10-12(11)21-15-18-13(16)17-14(19-15)20(5-2)6-3/h11-12H,4-10H2,1-3H3,(H2,16,17,18,19). The molecular formula is C15H27N5O. The van der Waals surface area contributed by atoms with E-state index in [1.807, 2.05) is 4.90 Å². The van der Waals surface area contributed by atoms with E-state index in [0.29, 0.717) is 17.9 Å². The molecule has 2 atom stereocenters. The molecule has 2 rings (SSSR count). The third-order valence-electron chi connectivity index (χ3n) is 4.29. The maximum Gasteiger partial charge on any atom is 0.323 e. The van der Waals surface area contributed by atoms with Crippen molar-refractivity contribution in [2.45, 2.75) is 59.0 Å². The smallest absolute Gasteiger partial charge is 0.323 e. The summed E-state index contributed by atoms with van der Waals surface area (Å²) >= 11 is 0. The molecule has 2 N–H and O–H groups in total. The van der Waals surface area contributed by atoms with Crippen molar-refractivity contribution in [1.82, 2.24) is 15.0 Å². The van der Waals surface area contributed by atoms with E-state index in [-0.39, 0.29) is 12.1 Å². The summed E-state index contributed by atoms with van der Waals surface area (Å²) in [5.41, 5.74) is 5.81. The minimum absolute atomic E-state index is 0.204. The first-order valence-corrected chi connectivity index (χ1v) is 8.11. The molecule has 1 fully saturated rings. The minimum Gasteiger partial charge on any atom is -0.460 e. The Morgan fingerprint density at radius 1 is 1.10 bits per heavy atom. The molecule has 1 aliphatic rings. The lowest BCUT2D eigenvalue weighted by atomic mass is 9.85. The molecule has 1 aromatic rings. The van der Waals surface area contributed by atoms with Gasteiger partial charge in [-0.3, -0.25) is 0 Å². The van der Waals surface area contributed by atoms with E-state index >= 15 is 0 Å². The minimum atomic E-state index is 0.204. The first-order valence-electron chi connectivity index (χ1n) is 8.11. The van der Waals surface area contributed by atoms with E-state index < -0.39 is 0 Å². The number of hydrogen-bond acceptors (Lipinski definition) is 6. The molecule has 0 aliphatic heterocycles. The molecule has 0 aromatic carbocycles. The number of nitrogen functional groups attached to an aromatic ring is 1. The average Bonchev–Trinajstić information content (AvgIpc) is 2.48. The predicted molar refractivity (Wildman–Crippen MR) is 84.5 cm³/mol. The monoisotopic (exact) mass is 293 g/mol. The highest BCUT2D eigenvalue weighted by atomic mass is 16.5. The zero-order valence-corrected chi connectivity index (χ0v) is 13.4. The van der Waals surface area contributed by atoms with Gasteiger partial charge in [0.2, 0.25) is 11.9 Å². The second-order valence-electron chi connectivity index (χ2n) is 5.56. The van der Waals surface area contributed by atoms with Gasteiger partial charge in [-0.1, -0.05) is 13.3 Å². The van der Waals surface area contributed by atoms with Gasteiger partial charge in [-0.25, -0.2) is 0 Å². The van der Waals surface area contributed by atoms with Crippen LogP contribution in [0.3, 0.4) is 0 Å². The number of rotatable bonds is 6. The molecule has 6 nitrogen and oxygen atoms in total. The Morgan fingerprint density at radius 3 is 2.48 bits per heavy atom. The van der Waals surface area contributed by atoms with Gasteiger partial charge in [0.1, 0.15) is 6.10 Å². The van der Waals surface area contributed by atoms with Crippen LogP contribution in [-0.2, 0) is 0 Å². The van der Waals surface area contributed by atoms with Crippen LogP contribution in [-0.4, -0.2) is 34.1 Å². The van der Waals surface area contributed by atoms with Crippen LogP contribution in [0.25, 0.3) is 0 Å². The molecule has 2 unspecified atom stereocenters. The summed E-state index contributed by atoms with van der Waals surface area (Å²) in [5.74, 6) is 1.42. The Kier molecular flexibility index (Phi) is 5.59. The van der Waals surface area contributed by atoms with Crippen molar-refractivity contribution in [3.05, 3.63) is 0 Å². The van der Waals surface area contributed by atoms with Gasteiger partial charge in [0.25, 0.3) is 0 Å². The third-order valence-corrected chi connectivity index (χ3v) is 4.29. The number of aromatic nitrogens is 3. The topological polar surface area (TPSA) is 77.2 Å². The van der Waals surface area contributed by atoms with Crippen molar-refractivity contribution in [3.63, 3.8) is 0 Å². The van der Waals surface area contributed by atoms with E-state index in [9.17, 15) is 0 Å². The van der Waals surface area contributed by atoms with E-state index in [1.165, 1.54) is 19.3 Å². The van der Waals surface area contributed by atoms with Crippen LogP contribution in [0.2, 0.25) is 0 Å². The Morgan fingerprint density at radius 2 is 1.81 bits per heavy atom. The maximum atomic E-state index is 6.05. The van der Waals surface area contributed by atoms with Gasteiger partial charge in [-0.2, -0.15) is 15.0 Å². The van der Waals surface area contributed by atoms with Gasteiger partial charge in [0.15, 0.2) is 0 Å². The van der Waals surface area contributed by atoms with Crippen molar-refractivity contribution in [2.24, 2.45) is 5.92 Å². The van der Waals surface area contributed by atoms with Crippen molar-refractivity contribution >= 4 is 11.9 Å². The molecule has 0 amide bonds. The second kappa shape index (κ2) is 7.43. The van der Waals surface area contributed by atoms with Crippen LogP contribution in [0.15, 0.2) is 0 Å². The molecule has 1 heterocycles. The summed E-state index contributed by atoms with van der Waals surface area (Å²) in [6.45, 7) is 8.02. The number of anilines is 2. The first kappa shape index (κ1) is 15.8. The summed E-state index contributed by atoms with van der Waals surface area (Å²) in [7, 11) is 0. The summed E-state index contributed by atoms with van der Waals surface area (Å²) in [6.07, 6.45) is 6.14. The van der Waals surface area contributed by atoms with Gasteiger partial charge in [-0.15, -0.1) is 0 Å². The maximum absolute atomic E-state index is 6.05. The lowest BCUT2D eigenvalue weighted by molar-refractivity contribution is 0.0810. The van der Waals surface area contributed by atoms with Crippen LogP contribution in [0, 0.1) is 5.92 Å². The molecule has 0 spiro atoms. The lowest BCUT2D eigenvalue weighted by Gasteiger charge is -2.30. The van der Waals surface area contributed by atoms with Crippen molar-refractivity contribution < 1.29 is 4.74 Å². The molecule has 1 saturated carbocycles. The molecule has 1 aliphatic carbocycles. The second-order valence-corrected chi connectivity index (χ2v) is 5.56. The van der Waals surface area contributed by atoms with E-state index in [4.69, 9.17) is 10.5 Å². The highest BCUT2D eigenvalue weighted by Crippen LogP contribution is 2.29. The van der Waals surface area contributed by atoms with Crippen LogP contribution >= 0.6 is 0 Å². The van der Waals surface area contributed by atoms with E-state index in [1.54, 1.807) is 0 Å². The fourth-order valence-corrected chi connectivity index (χ4v) is 2.99. The zero-order valence-electron chi connectivity index (χ0n) is 13.4. The largest absolute Gasteiger partial charge is 0.460 e. The Labute approximate surface area is 127 Å². The van der Waals surface area contributed by atoms with Gasteiger partial charge in [-0.05, 0) is 45.4 Å². The Hall–Kier alpha value is -1.59. The summed E-state index contributed by atoms with van der Waals surface area (Å²) in [4.78, 5) is 14.8. The van der Waals surface area contributed by atoms with Crippen LogP contribution < -0.4 is 15.4 Å². The zero-order chi connectivity index (χ0) is 15.2.